The Morgan fingerprint density at radius 3 is 2.00 bits per heavy atom. The van der Waals surface area contributed by atoms with Crippen molar-refractivity contribution in [1.29, 1.82) is 0 Å². The number of primary amides is 1. The van der Waals surface area contributed by atoms with Crippen molar-refractivity contribution in [2.24, 2.45) is 17.2 Å². The van der Waals surface area contributed by atoms with Crippen molar-refractivity contribution >= 4 is 41.4 Å². The van der Waals surface area contributed by atoms with Gasteiger partial charge in [0.25, 0.3) is 0 Å². The smallest absolute Gasteiger partial charge is 0.325 e. The number of hydrogen-bond acceptors (Lipinski definition) is 8. The molecular formula is C19H36N6O6S. The monoisotopic (exact) mass is 476 g/mol. The van der Waals surface area contributed by atoms with E-state index >= 15 is 0 Å². The molecule has 0 rings (SSSR count). The molecule has 0 radical (unpaired) electrons. The normalized spacial score (nSPS) is 14.5. The Bertz CT molecular complexity index is 650. The minimum absolute atomic E-state index is 0.0785. The van der Waals surface area contributed by atoms with E-state index in [1.165, 1.54) is 18.7 Å². The second-order valence-electron chi connectivity index (χ2n) is 7.37. The van der Waals surface area contributed by atoms with Gasteiger partial charge in [-0.15, -0.1) is 0 Å². The molecule has 0 aromatic rings. The molecule has 12 nitrogen and oxygen atoms in total. The summed E-state index contributed by atoms with van der Waals surface area (Å²) in [7, 11) is 0. The molecule has 0 aliphatic heterocycles. The van der Waals surface area contributed by atoms with Gasteiger partial charge < -0.3 is 38.3 Å². The first kappa shape index (κ1) is 29.6. The van der Waals surface area contributed by atoms with Crippen LogP contribution >= 0.6 is 11.8 Å². The quantitative estimate of drug-likeness (QED) is 0.115. The summed E-state index contributed by atoms with van der Waals surface area (Å²) in [4.78, 5) is 59.9. The summed E-state index contributed by atoms with van der Waals surface area (Å²) in [6.07, 6.45) is 3.52. The molecule has 0 bridgehead atoms. The van der Waals surface area contributed by atoms with Gasteiger partial charge in [-0.3, -0.25) is 24.0 Å². The Morgan fingerprint density at radius 1 is 0.906 bits per heavy atom. The lowest BCUT2D eigenvalue weighted by molar-refractivity contribution is -0.141. The molecule has 0 heterocycles. The van der Waals surface area contributed by atoms with Gasteiger partial charge in [0, 0.05) is 6.42 Å². The van der Waals surface area contributed by atoms with E-state index in [4.69, 9.17) is 22.3 Å². The Hall–Kier alpha value is -2.38. The molecule has 0 aromatic carbocycles. The number of carboxylic acid groups (broad SMARTS) is 1. The van der Waals surface area contributed by atoms with E-state index < -0.39 is 53.8 Å². The van der Waals surface area contributed by atoms with Crippen LogP contribution in [0.15, 0.2) is 0 Å². The summed E-state index contributed by atoms with van der Waals surface area (Å²) >= 11 is 1.44. The molecule has 10 N–H and O–H groups in total. The van der Waals surface area contributed by atoms with Crippen LogP contribution in [0, 0.1) is 0 Å². The van der Waals surface area contributed by atoms with E-state index in [1.54, 1.807) is 0 Å². The maximum Gasteiger partial charge on any atom is 0.325 e. The molecule has 184 valence electrons. The first-order valence-corrected chi connectivity index (χ1v) is 11.8. The number of carbonyl (C=O) groups excluding carboxylic acids is 4. The third-order valence-electron chi connectivity index (χ3n) is 4.59. The number of thioether (sulfide) groups is 1. The van der Waals surface area contributed by atoms with Crippen LogP contribution in [0.3, 0.4) is 0 Å². The molecule has 0 aliphatic rings. The molecule has 4 unspecified atom stereocenters. The van der Waals surface area contributed by atoms with Crippen LogP contribution in [0.5, 0.6) is 0 Å². The number of carboxylic acids is 1. The first-order valence-electron chi connectivity index (χ1n) is 10.4. The number of unbranched alkanes of at least 4 members (excludes halogenated alkanes) is 1. The van der Waals surface area contributed by atoms with Gasteiger partial charge in [-0.2, -0.15) is 11.8 Å². The molecule has 4 atom stereocenters. The van der Waals surface area contributed by atoms with Crippen LogP contribution < -0.4 is 33.2 Å². The van der Waals surface area contributed by atoms with E-state index in [2.05, 4.69) is 16.0 Å². The van der Waals surface area contributed by atoms with E-state index in [1.807, 2.05) is 6.26 Å². The minimum Gasteiger partial charge on any atom is -0.480 e. The molecule has 0 aliphatic carbocycles. The fourth-order valence-electron chi connectivity index (χ4n) is 2.63. The van der Waals surface area contributed by atoms with Crippen LogP contribution in [0.25, 0.3) is 0 Å². The van der Waals surface area contributed by atoms with Crippen molar-refractivity contribution in [3.05, 3.63) is 0 Å². The topological polar surface area (TPSA) is 220 Å². The lowest BCUT2D eigenvalue weighted by Crippen LogP contribution is -2.57. The van der Waals surface area contributed by atoms with Crippen molar-refractivity contribution in [2.45, 2.75) is 69.6 Å². The lowest BCUT2D eigenvalue weighted by Gasteiger charge is -2.24. The second kappa shape index (κ2) is 16.3. The van der Waals surface area contributed by atoms with Gasteiger partial charge in [0.1, 0.15) is 18.1 Å². The number of nitrogens with two attached hydrogens (primary N) is 3. The third kappa shape index (κ3) is 12.5. The van der Waals surface area contributed by atoms with Crippen molar-refractivity contribution in [2.75, 3.05) is 18.6 Å². The highest BCUT2D eigenvalue weighted by Crippen LogP contribution is 2.06. The van der Waals surface area contributed by atoms with E-state index in [9.17, 15) is 24.0 Å². The molecule has 13 heteroatoms. The van der Waals surface area contributed by atoms with E-state index in [0.717, 1.165) is 0 Å². The second-order valence-corrected chi connectivity index (χ2v) is 8.35. The van der Waals surface area contributed by atoms with Crippen molar-refractivity contribution < 1.29 is 29.1 Å². The van der Waals surface area contributed by atoms with Gasteiger partial charge in [-0.25, -0.2) is 0 Å². The molecule has 0 spiro atoms. The largest absolute Gasteiger partial charge is 0.480 e. The molecular weight excluding hydrogens is 440 g/mol. The Labute approximate surface area is 192 Å². The Morgan fingerprint density at radius 2 is 1.47 bits per heavy atom. The number of carbonyl (C=O) groups is 5. The highest BCUT2D eigenvalue weighted by molar-refractivity contribution is 7.98. The van der Waals surface area contributed by atoms with Gasteiger partial charge in [-0.1, -0.05) is 6.42 Å². The van der Waals surface area contributed by atoms with Gasteiger partial charge in [0.05, 0.1) is 6.04 Å². The lowest BCUT2D eigenvalue weighted by atomic mass is 10.1. The average molecular weight is 477 g/mol. The fraction of sp³-hybridized carbons (Fsp3) is 0.737. The van der Waals surface area contributed by atoms with Crippen LogP contribution in [-0.4, -0.2) is 77.4 Å². The summed E-state index contributed by atoms with van der Waals surface area (Å²) in [6, 6.07) is -4.18. The highest BCUT2D eigenvalue weighted by Gasteiger charge is 2.29. The molecule has 32 heavy (non-hydrogen) atoms. The first-order chi connectivity index (χ1) is 15.0. The molecule has 0 fully saturated rings. The van der Waals surface area contributed by atoms with Crippen LogP contribution in [-0.2, 0) is 24.0 Å². The van der Waals surface area contributed by atoms with E-state index in [-0.39, 0.29) is 19.3 Å². The fourth-order valence-corrected chi connectivity index (χ4v) is 3.10. The zero-order chi connectivity index (χ0) is 24.7. The predicted octanol–water partition coefficient (Wildman–Crippen LogP) is -1.98. The summed E-state index contributed by atoms with van der Waals surface area (Å²) in [6.45, 7) is 1.77. The molecule has 4 amide bonds. The van der Waals surface area contributed by atoms with Gasteiger partial charge in [-0.05, 0) is 51.2 Å². The van der Waals surface area contributed by atoms with Gasteiger partial charge in [0.2, 0.25) is 23.6 Å². The number of aliphatic carboxylic acids is 1. The predicted molar refractivity (Wildman–Crippen MR) is 121 cm³/mol. The third-order valence-corrected chi connectivity index (χ3v) is 5.24. The summed E-state index contributed by atoms with van der Waals surface area (Å²) < 4.78 is 0. The zero-order valence-electron chi connectivity index (χ0n) is 18.6. The maximum absolute atomic E-state index is 12.8. The average Bonchev–Trinajstić information content (AvgIpc) is 2.73. The van der Waals surface area contributed by atoms with Gasteiger partial charge in [0.15, 0.2) is 0 Å². The Balaban J connectivity index is 5.28. The summed E-state index contributed by atoms with van der Waals surface area (Å²) in [5.41, 5.74) is 16.5. The SMILES string of the molecule is CSCCC(NC(=O)C(CCC(N)=O)NC(=O)C(N)CCCCN)C(=O)NC(C)C(=O)O. The number of hydrogen-bond donors (Lipinski definition) is 7. The highest BCUT2D eigenvalue weighted by atomic mass is 32.2. The zero-order valence-corrected chi connectivity index (χ0v) is 19.4. The molecule has 0 saturated carbocycles. The summed E-state index contributed by atoms with van der Waals surface area (Å²) in [5, 5.41) is 16.4. The van der Waals surface area contributed by atoms with Crippen LogP contribution in [0.2, 0.25) is 0 Å². The van der Waals surface area contributed by atoms with Crippen LogP contribution in [0.4, 0.5) is 0 Å². The summed E-state index contributed by atoms with van der Waals surface area (Å²) in [5.74, 6) is -3.29. The Kier molecular flexibility index (Phi) is 15.1. The standard InChI is InChI=1S/C19H36N6O6S/c1-11(19(30)31)23-17(28)14(8-10-32-2)25-18(29)13(6-7-15(22)26)24-16(27)12(21)5-3-4-9-20/h11-14H,3-10,20-21H2,1-2H3,(H2,22,26)(H,23,28)(H,24,27)(H,25,29)(H,30,31). The number of amides is 4. The molecule has 0 saturated heterocycles. The number of rotatable bonds is 17. The minimum atomic E-state index is -1.22. The molecule has 0 aromatic heterocycles. The number of nitrogens with one attached hydrogen (secondary N) is 3. The maximum atomic E-state index is 12.8. The van der Waals surface area contributed by atoms with E-state index in [0.29, 0.717) is 31.6 Å². The van der Waals surface area contributed by atoms with Crippen molar-refractivity contribution in [1.82, 2.24) is 16.0 Å². The van der Waals surface area contributed by atoms with Crippen LogP contribution in [0.1, 0.15) is 45.4 Å². The van der Waals surface area contributed by atoms with Gasteiger partial charge >= 0.3 is 5.97 Å². The van der Waals surface area contributed by atoms with Crippen molar-refractivity contribution in [3.8, 4) is 0 Å². The van der Waals surface area contributed by atoms with Crippen molar-refractivity contribution in [3.63, 3.8) is 0 Å².